The lowest BCUT2D eigenvalue weighted by atomic mass is 10.1. The first-order chi connectivity index (χ1) is 10.7. The first-order valence-corrected chi connectivity index (χ1v) is 8.82. The van der Waals surface area contributed by atoms with Gasteiger partial charge >= 0.3 is 0 Å². The van der Waals surface area contributed by atoms with E-state index in [1.54, 1.807) is 0 Å². The van der Waals surface area contributed by atoms with Crippen molar-refractivity contribution in [3.8, 4) is 0 Å². The van der Waals surface area contributed by atoms with E-state index < -0.39 is 15.8 Å². The molecule has 0 saturated carbocycles. The van der Waals surface area contributed by atoms with Crippen molar-refractivity contribution in [3.63, 3.8) is 0 Å². The first-order valence-electron chi connectivity index (χ1n) is 6.96. The van der Waals surface area contributed by atoms with Crippen LogP contribution in [0.1, 0.15) is 31.1 Å². The SMILES string of the molecule is Cc1cc(S(=O)(=O)NCc2noc(CC(C)C)n2)c(Cl)cc1F. The molecule has 9 heteroatoms. The van der Waals surface area contributed by atoms with Crippen molar-refractivity contribution in [1.82, 2.24) is 14.9 Å². The maximum absolute atomic E-state index is 13.4. The molecule has 0 aliphatic rings. The molecule has 126 valence electrons. The lowest BCUT2D eigenvalue weighted by Crippen LogP contribution is -2.24. The van der Waals surface area contributed by atoms with Crippen molar-refractivity contribution < 1.29 is 17.3 Å². The predicted octanol–water partition coefficient (Wildman–Crippen LogP) is 2.85. The zero-order valence-corrected chi connectivity index (χ0v) is 14.5. The van der Waals surface area contributed by atoms with Gasteiger partial charge in [0.25, 0.3) is 0 Å². The smallest absolute Gasteiger partial charge is 0.242 e. The quantitative estimate of drug-likeness (QED) is 0.855. The summed E-state index contributed by atoms with van der Waals surface area (Å²) >= 11 is 5.82. The van der Waals surface area contributed by atoms with Gasteiger partial charge in [0.2, 0.25) is 15.9 Å². The third-order valence-electron chi connectivity index (χ3n) is 3.02. The van der Waals surface area contributed by atoms with Crippen LogP contribution in [0.25, 0.3) is 0 Å². The van der Waals surface area contributed by atoms with Crippen LogP contribution in [0.15, 0.2) is 21.6 Å². The topological polar surface area (TPSA) is 85.1 Å². The van der Waals surface area contributed by atoms with E-state index in [1.165, 1.54) is 13.0 Å². The molecule has 0 radical (unpaired) electrons. The van der Waals surface area contributed by atoms with Gasteiger partial charge in [-0.3, -0.25) is 0 Å². The Hall–Kier alpha value is -1.51. The summed E-state index contributed by atoms with van der Waals surface area (Å²) < 4.78 is 45.3. The van der Waals surface area contributed by atoms with Gasteiger partial charge in [0, 0.05) is 6.42 Å². The van der Waals surface area contributed by atoms with E-state index in [4.69, 9.17) is 16.1 Å². The fourth-order valence-electron chi connectivity index (χ4n) is 1.87. The van der Waals surface area contributed by atoms with Crippen LogP contribution in [-0.2, 0) is 23.0 Å². The van der Waals surface area contributed by atoms with Gasteiger partial charge in [-0.05, 0) is 30.5 Å². The molecule has 6 nitrogen and oxygen atoms in total. The highest BCUT2D eigenvalue weighted by molar-refractivity contribution is 7.89. The lowest BCUT2D eigenvalue weighted by molar-refractivity contribution is 0.358. The standard InChI is InChI=1S/C14H17ClFN3O3S/c1-8(2)4-14-18-13(19-22-14)7-17-23(20,21)12-5-9(3)11(16)6-10(12)15/h5-6,8,17H,4,7H2,1-3H3. The van der Waals surface area contributed by atoms with Crippen LogP contribution in [0.5, 0.6) is 0 Å². The van der Waals surface area contributed by atoms with Crippen LogP contribution >= 0.6 is 11.6 Å². The minimum atomic E-state index is -3.91. The molecule has 0 amide bonds. The van der Waals surface area contributed by atoms with E-state index in [-0.39, 0.29) is 27.9 Å². The van der Waals surface area contributed by atoms with Gasteiger partial charge in [0.1, 0.15) is 10.7 Å². The molecular weight excluding hydrogens is 345 g/mol. The molecule has 1 N–H and O–H groups in total. The molecule has 1 aromatic carbocycles. The van der Waals surface area contributed by atoms with E-state index in [0.717, 1.165) is 6.07 Å². The number of nitrogens with one attached hydrogen (secondary N) is 1. The van der Waals surface area contributed by atoms with E-state index in [2.05, 4.69) is 14.9 Å². The Morgan fingerprint density at radius 1 is 1.39 bits per heavy atom. The molecule has 0 saturated heterocycles. The summed E-state index contributed by atoms with van der Waals surface area (Å²) in [7, 11) is -3.91. The maximum atomic E-state index is 13.4. The van der Waals surface area contributed by atoms with E-state index in [1.807, 2.05) is 13.8 Å². The van der Waals surface area contributed by atoms with Gasteiger partial charge < -0.3 is 4.52 Å². The second-order valence-corrected chi connectivity index (χ2v) is 7.70. The highest BCUT2D eigenvalue weighted by Crippen LogP contribution is 2.24. The number of halogens is 2. The number of hydrogen-bond donors (Lipinski definition) is 1. The summed E-state index contributed by atoms with van der Waals surface area (Å²) in [4.78, 5) is 3.91. The van der Waals surface area contributed by atoms with Crippen LogP contribution in [0.2, 0.25) is 5.02 Å². The minimum Gasteiger partial charge on any atom is -0.339 e. The zero-order chi connectivity index (χ0) is 17.2. The number of benzene rings is 1. The van der Waals surface area contributed by atoms with Crippen molar-refractivity contribution in [3.05, 3.63) is 40.3 Å². The zero-order valence-electron chi connectivity index (χ0n) is 12.9. The van der Waals surface area contributed by atoms with Gasteiger partial charge in [-0.15, -0.1) is 0 Å². The van der Waals surface area contributed by atoms with Crippen molar-refractivity contribution >= 4 is 21.6 Å². The van der Waals surface area contributed by atoms with Crippen LogP contribution in [0.4, 0.5) is 4.39 Å². The first kappa shape index (κ1) is 17.8. The third-order valence-corrected chi connectivity index (χ3v) is 4.88. The Bertz CT molecular complexity index is 806. The molecule has 0 atom stereocenters. The van der Waals surface area contributed by atoms with Gasteiger partial charge in [-0.2, -0.15) is 4.98 Å². The summed E-state index contributed by atoms with van der Waals surface area (Å²) in [5.74, 6) is 0.454. The molecule has 0 aliphatic carbocycles. The summed E-state index contributed by atoms with van der Waals surface area (Å²) in [6.07, 6.45) is 0.614. The number of nitrogens with zero attached hydrogens (tertiary/aromatic N) is 2. The van der Waals surface area contributed by atoms with E-state index >= 15 is 0 Å². The summed E-state index contributed by atoms with van der Waals surface area (Å²) in [6, 6.07) is 2.15. The average Bonchev–Trinajstić information content (AvgIpc) is 2.87. The third kappa shape index (κ3) is 4.49. The molecule has 2 rings (SSSR count). The molecular formula is C14H17ClFN3O3S. The molecule has 23 heavy (non-hydrogen) atoms. The molecule has 1 aromatic heterocycles. The molecule has 2 aromatic rings. The molecule has 0 spiro atoms. The highest BCUT2D eigenvalue weighted by atomic mass is 35.5. The average molecular weight is 362 g/mol. The summed E-state index contributed by atoms with van der Waals surface area (Å²) in [5, 5.41) is 3.53. The molecule has 0 aliphatic heterocycles. The molecule has 1 heterocycles. The number of hydrogen-bond acceptors (Lipinski definition) is 5. The largest absolute Gasteiger partial charge is 0.339 e. The molecule has 0 unspecified atom stereocenters. The Labute approximate surface area is 139 Å². The number of aryl methyl sites for hydroxylation is 1. The second-order valence-electron chi connectivity index (χ2n) is 5.56. The Balaban J connectivity index is 2.13. The summed E-state index contributed by atoms with van der Waals surface area (Å²) in [6.45, 7) is 5.33. The minimum absolute atomic E-state index is 0.142. The van der Waals surface area contributed by atoms with Crippen molar-refractivity contribution in [2.75, 3.05) is 0 Å². The monoisotopic (exact) mass is 361 g/mol. The van der Waals surface area contributed by atoms with Crippen LogP contribution in [0, 0.1) is 18.7 Å². The number of aromatic nitrogens is 2. The maximum Gasteiger partial charge on any atom is 0.242 e. The molecule has 0 fully saturated rings. The number of rotatable bonds is 6. The van der Waals surface area contributed by atoms with Gasteiger partial charge in [0.15, 0.2) is 5.82 Å². The van der Waals surface area contributed by atoms with Crippen molar-refractivity contribution in [2.24, 2.45) is 5.92 Å². The lowest BCUT2D eigenvalue weighted by Gasteiger charge is -2.08. The fourth-order valence-corrected chi connectivity index (χ4v) is 3.45. The van der Waals surface area contributed by atoms with Crippen molar-refractivity contribution in [1.29, 1.82) is 0 Å². The summed E-state index contributed by atoms with van der Waals surface area (Å²) in [5.41, 5.74) is 0.188. The van der Waals surface area contributed by atoms with E-state index in [9.17, 15) is 12.8 Å². The van der Waals surface area contributed by atoms with E-state index in [0.29, 0.717) is 18.2 Å². The number of sulfonamides is 1. The van der Waals surface area contributed by atoms with Gasteiger partial charge in [-0.25, -0.2) is 17.5 Å². The molecule has 0 bridgehead atoms. The Kier molecular flexibility index (Phi) is 5.38. The highest BCUT2D eigenvalue weighted by Gasteiger charge is 2.20. The van der Waals surface area contributed by atoms with Crippen LogP contribution in [0.3, 0.4) is 0 Å². The van der Waals surface area contributed by atoms with Gasteiger partial charge in [-0.1, -0.05) is 30.6 Å². The fraction of sp³-hybridized carbons (Fsp3) is 0.429. The second kappa shape index (κ2) is 6.94. The Morgan fingerprint density at radius 3 is 2.74 bits per heavy atom. The van der Waals surface area contributed by atoms with Crippen LogP contribution in [-0.4, -0.2) is 18.6 Å². The van der Waals surface area contributed by atoms with Crippen molar-refractivity contribution in [2.45, 2.75) is 38.6 Å². The Morgan fingerprint density at radius 2 is 2.09 bits per heavy atom. The van der Waals surface area contributed by atoms with Gasteiger partial charge in [0.05, 0.1) is 11.6 Å². The predicted molar refractivity (Wildman–Crippen MR) is 83.0 cm³/mol. The normalized spacial score (nSPS) is 12.1. The van der Waals surface area contributed by atoms with Crippen LogP contribution < -0.4 is 4.72 Å².